The lowest BCUT2D eigenvalue weighted by atomic mass is 10.0. The Balaban J connectivity index is 0.881. The summed E-state index contributed by atoms with van der Waals surface area (Å²) in [4.78, 5) is 38.7. The summed E-state index contributed by atoms with van der Waals surface area (Å²) < 4.78 is 5.90. The van der Waals surface area contributed by atoms with Gasteiger partial charge in [-0.3, -0.25) is 4.98 Å². The molecule has 0 atom stereocenters. The fraction of sp³-hybridized carbons (Fsp3) is 0.607. The van der Waals surface area contributed by atoms with Gasteiger partial charge < -0.3 is 24.8 Å². The summed E-state index contributed by atoms with van der Waals surface area (Å²) in [7, 11) is 0. The molecule has 0 radical (unpaired) electrons. The number of imidazole rings is 1. The minimum atomic E-state index is -0.267. The molecule has 3 aliphatic rings. The standard InChI is InChI=1S/C28H40N8O3/c37-27-31-25-20-21-19-23(5-6-24(21)30-26(25)32-27)39-18-4-9-29-28(38)34-14-16-36(17-15-34)35-12-7-22(8-13-35)33-10-2-1-3-11-33/h5-6,19-20,22H,1-4,7-18H2,(H,29,38)(H2,30,31,32,37). The zero-order valence-electron chi connectivity index (χ0n) is 22.7. The van der Waals surface area contributed by atoms with E-state index in [-0.39, 0.29) is 11.7 Å². The van der Waals surface area contributed by atoms with Crippen LogP contribution < -0.4 is 15.7 Å². The summed E-state index contributed by atoms with van der Waals surface area (Å²) in [6.07, 6.45) is 7.36. The van der Waals surface area contributed by atoms with E-state index in [0.717, 1.165) is 68.4 Å². The number of urea groups is 1. The summed E-state index contributed by atoms with van der Waals surface area (Å²) in [6.45, 7) is 9.26. The maximum absolute atomic E-state index is 12.7. The van der Waals surface area contributed by atoms with E-state index in [2.05, 4.69) is 35.2 Å². The largest absolute Gasteiger partial charge is 0.494 e. The van der Waals surface area contributed by atoms with Gasteiger partial charge in [-0.15, -0.1) is 0 Å². The Morgan fingerprint density at radius 1 is 0.949 bits per heavy atom. The fourth-order valence-electron chi connectivity index (χ4n) is 6.23. The second-order valence-electron chi connectivity index (χ2n) is 11.0. The smallest absolute Gasteiger partial charge is 0.325 e. The summed E-state index contributed by atoms with van der Waals surface area (Å²) in [5.74, 6) is 0.740. The highest BCUT2D eigenvalue weighted by Gasteiger charge is 2.30. The lowest BCUT2D eigenvalue weighted by molar-refractivity contribution is -0.0758. The number of carbonyl (C=O) groups excluding carboxylic acids is 1. The van der Waals surface area contributed by atoms with Crippen LogP contribution in [0.1, 0.15) is 38.5 Å². The summed E-state index contributed by atoms with van der Waals surface area (Å²) in [5.41, 5.74) is 1.74. The van der Waals surface area contributed by atoms with Gasteiger partial charge in [-0.1, -0.05) is 6.42 Å². The van der Waals surface area contributed by atoms with E-state index in [4.69, 9.17) is 4.74 Å². The minimum absolute atomic E-state index is 0.0137. The van der Waals surface area contributed by atoms with Gasteiger partial charge in [0.15, 0.2) is 5.65 Å². The van der Waals surface area contributed by atoms with Crippen LogP contribution in [0.15, 0.2) is 29.1 Å². The average Bonchev–Trinajstić information content (AvgIpc) is 3.35. The van der Waals surface area contributed by atoms with Crippen molar-refractivity contribution in [3.63, 3.8) is 0 Å². The zero-order chi connectivity index (χ0) is 26.6. The third-order valence-corrected chi connectivity index (χ3v) is 8.42. The molecule has 0 saturated carbocycles. The number of nitrogens with one attached hydrogen (secondary N) is 3. The SMILES string of the molecule is O=C(NCCCOc1ccc2nc3[nH]c(=O)[nH]c3cc2c1)N1CCN(N2CCC(N3CCCCC3)CC2)CC1. The number of piperidine rings is 2. The van der Waals surface area contributed by atoms with Crippen LogP contribution in [0, 0.1) is 0 Å². The van der Waals surface area contributed by atoms with Crippen LogP contribution in [-0.2, 0) is 0 Å². The number of H-pyrrole nitrogens is 2. The number of hydrazine groups is 1. The molecule has 39 heavy (non-hydrogen) atoms. The molecule has 2 amide bonds. The molecule has 3 fully saturated rings. The number of rotatable bonds is 7. The van der Waals surface area contributed by atoms with E-state index in [0.29, 0.717) is 24.3 Å². The molecule has 11 heteroatoms. The van der Waals surface area contributed by atoms with Crippen molar-refractivity contribution in [2.24, 2.45) is 0 Å². The number of pyridine rings is 1. The maximum Gasteiger partial charge on any atom is 0.325 e. The Hall–Kier alpha value is -3.15. The van der Waals surface area contributed by atoms with Crippen LogP contribution in [0.4, 0.5) is 4.79 Å². The van der Waals surface area contributed by atoms with Gasteiger partial charge in [0.05, 0.1) is 17.6 Å². The highest BCUT2D eigenvalue weighted by atomic mass is 16.5. The third kappa shape index (κ3) is 6.21. The second kappa shape index (κ2) is 11.9. The molecule has 1 aromatic carbocycles. The molecule has 2 aromatic heterocycles. The third-order valence-electron chi connectivity index (χ3n) is 8.42. The molecule has 11 nitrogen and oxygen atoms in total. The summed E-state index contributed by atoms with van der Waals surface area (Å²) >= 11 is 0. The highest BCUT2D eigenvalue weighted by molar-refractivity contribution is 5.90. The first-order valence-corrected chi connectivity index (χ1v) is 14.5. The molecule has 0 spiro atoms. The number of amides is 2. The molecule has 3 saturated heterocycles. The molecule has 5 heterocycles. The number of hydrogen-bond acceptors (Lipinski definition) is 7. The van der Waals surface area contributed by atoms with E-state index in [1.54, 1.807) is 0 Å². The first-order valence-electron chi connectivity index (χ1n) is 14.5. The predicted octanol–water partition coefficient (Wildman–Crippen LogP) is 2.37. The molecule has 6 rings (SSSR count). The summed E-state index contributed by atoms with van der Waals surface area (Å²) in [5, 5.41) is 8.93. The van der Waals surface area contributed by atoms with Crippen molar-refractivity contribution in [2.45, 2.75) is 44.6 Å². The first-order chi connectivity index (χ1) is 19.1. The van der Waals surface area contributed by atoms with Crippen molar-refractivity contribution in [3.05, 3.63) is 34.7 Å². The van der Waals surface area contributed by atoms with Crippen LogP contribution in [0.2, 0.25) is 0 Å². The van der Waals surface area contributed by atoms with E-state index < -0.39 is 0 Å². The van der Waals surface area contributed by atoms with Gasteiger partial charge >= 0.3 is 11.7 Å². The van der Waals surface area contributed by atoms with Crippen LogP contribution >= 0.6 is 0 Å². The minimum Gasteiger partial charge on any atom is -0.494 e. The Labute approximate surface area is 228 Å². The van der Waals surface area contributed by atoms with E-state index in [1.807, 2.05) is 29.2 Å². The molecule has 3 aromatic rings. The van der Waals surface area contributed by atoms with Crippen LogP contribution in [0.25, 0.3) is 22.1 Å². The second-order valence-corrected chi connectivity index (χ2v) is 11.0. The molecular weight excluding hydrogens is 496 g/mol. The van der Waals surface area contributed by atoms with Crippen LogP contribution in [0.3, 0.4) is 0 Å². The quantitative estimate of drug-likeness (QED) is 0.398. The van der Waals surface area contributed by atoms with Crippen LogP contribution in [-0.4, -0.2) is 112 Å². The number of hydrogen-bond donors (Lipinski definition) is 3. The molecular formula is C28H40N8O3. The Morgan fingerprint density at radius 2 is 1.72 bits per heavy atom. The Morgan fingerprint density at radius 3 is 2.51 bits per heavy atom. The van der Waals surface area contributed by atoms with Crippen molar-refractivity contribution in [1.29, 1.82) is 0 Å². The zero-order valence-corrected chi connectivity index (χ0v) is 22.7. The van der Waals surface area contributed by atoms with E-state index in [9.17, 15) is 9.59 Å². The predicted molar refractivity (Wildman–Crippen MR) is 151 cm³/mol. The van der Waals surface area contributed by atoms with Crippen molar-refractivity contribution < 1.29 is 9.53 Å². The molecule has 0 unspecified atom stereocenters. The molecule has 0 bridgehead atoms. The van der Waals surface area contributed by atoms with Gasteiger partial charge in [0.1, 0.15) is 5.75 Å². The maximum atomic E-state index is 12.7. The van der Waals surface area contributed by atoms with Gasteiger partial charge in [-0.2, -0.15) is 0 Å². The van der Waals surface area contributed by atoms with Gasteiger partial charge in [0.2, 0.25) is 0 Å². The number of nitrogens with zero attached hydrogens (tertiary/aromatic N) is 5. The fourth-order valence-corrected chi connectivity index (χ4v) is 6.23. The molecule has 210 valence electrons. The lowest BCUT2D eigenvalue weighted by Gasteiger charge is -2.46. The number of benzene rings is 1. The van der Waals surface area contributed by atoms with Gasteiger partial charge in [-0.25, -0.2) is 24.6 Å². The molecule has 3 N–H and O–H groups in total. The monoisotopic (exact) mass is 536 g/mol. The van der Waals surface area contributed by atoms with Crippen molar-refractivity contribution >= 4 is 28.1 Å². The van der Waals surface area contributed by atoms with Crippen molar-refractivity contribution in [2.75, 3.05) is 65.5 Å². The number of ether oxygens (including phenoxy) is 1. The number of aromatic amines is 2. The number of piperazine rings is 1. The van der Waals surface area contributed by atoms with E-state index >= 15 is 0 Å². The van der Waals surface area contributed by atoms with Crippen molar-refractivity contribution in [3.8, 4) is 5.75 Å². The van der Waals surface area contributed by atoms with Gasteiger partial charge in [0.25, 0.3) is 0 Å². The number of aromatic nitrogens is 3. The van der Waals surface area contributed by atoms with Crippen molar-refractivity contribution in [1.82, 2.24) is 40.1 Å². The highest BCUT2D eigenvalue weighted by Crippen LogP contribution is 2.23. The number of fused-ring (bicyclic) bond motifs is 2. The number of carbonyl (C=O) groups is 1. The van der Waals surface area contributed by atoms with Crippen LogP contribution in [0.5, 0.6) is 5.75 Å². The topological polar surface area (TPSA) is 113 Å². The number of likely N-dealkylation sites (tertiary alicyclic amines) is 1. The summed E-state index contributed by atoms with van der Waals surface area (Å²) in [6, 6.07) is 8.34. The van der Waals surface area contributed by atoms with Gasteiger partial charge in [-0.05, 0) is 69.5 Å². The first kappa shape index (κ1) is 26.1. The van der Waals surface area contributed by atoms with E-state index in [1.165, 1.54) is 45.2 Å². The van der Waals surface area contributed by atoms with Gasteiger partial charge in [0, 0.05) is 57.2 Å². The average molecular weight is 537 g/mol. The Kier molecular flexibility index (Phi) is 7.98. The lowest BCUT2D eigenvalue weighted by Crippen LogP contribution is -2.59. The molecule has 0 aliphatic carbocycles. The Bertz CT molecular complexity index is 1320. The normalized spacial score (nSPS) is 20.6. The molecule has 3 aliphatic heterocycles.